The van der Waals surface area contributed by atoms with E-state index < -0.39 is 47.3 Å². The second-order valence-corrected chi connectivity index (χ2v) is 3.81. The van der Waals surface area contributed by atoms with E-state index in [1.807, 2.05) is 0 Å². The van der Waals surface area contributed by atoms with E-state index in [0.29, 0.717) is 4.90 Å². The molecule has 0 spiro atoms. The lowest BCUT2D eigenvalue weighted by atomic mass is 10.1. The Hall–Kier alpha value is -2.12. The van der Waals surface area contributed by atoms with Gasteiger partial charge < -0.3 is 9.64 Å². The molecule has 1 rings (SSSR count). The van der Waals surface area contributed by atoms with Crippen LogP contribution in [0.15, 0.2) is 6.07 Å². The minimum Gasteiger partial charge on any atom is -0.465 e. The van der Waals surface area contributed by atoms with Crippen molar-refractivity contribution in [2.24, 2.45) is 0 Å². The SMILES string of the molecule is CCOC(=O)CN(C)C(=O)c1cc(F)c(F)c(F)c1F. The summed E-state index contributed by atoms with van der Waals surface area (Å²) >= 11 is 0. The van der Waals surface area contributed by atoms with Crippen molar-refractivity contribution in [3.8, 4) is 0 Å². The summed E-state index contributed by atoms with van der Waals surface area (Å²) in [6.45, 7) is 1.09. The summed E-state index contributed by atoms with van der Waals surface area (Å²) in [5, 5.41) is 0. The summed E-state index contributed by atoms with van der Waals surface area (Å²) in [6, 6.07) is 0.234. The van der Waals surface area contributed by atoms with Gasteiger partial charge in [-0.2, -0.15) is 0 Å². The van der Waals surface area contributed by atoms with E-state index in [-0.39, 0.29) is 12.7 Å². The summed E-state index contributed by atoms with van der Waals surface area (Å²) in [5.74, 6) is -9.55. The highest BCUT2D eigenvalue weighted by molar-refractivity contribution is 5.96. The first kappa shape index (κ1) is 15.9. The van der Waals surface area contributed by atoms with Crippen LogP contribution >= 0.6 is 0 Å². The van der Waals surface area contributed by atoms with E-state index >= 15 is 0 Å². The van der Waals surface area contributed by atoms with Crippen LogP contribution in [0.25, 0.3) is 0 Å². The lowest BCUT2D eigenvalue weighted by Crippen LogP contribution is -2.34. The zero-order valence-corrected chi connectivity index (χ0v) is 10.7. The average molecular weight is 293 g/mol. The Morgan fingerprint density at radius 3 is 2.30 bits per heavy atom. The van der Waals surface area contributed by atoms with Gasteiger partial charge in [-0.05, 0) is 13.0 Å². The van der Waals surface area contributed by atoms with Crippen LogP contribution in [0.5, 0.6) is 0 Å². The minimum atomic E-state index is -2.09. The molecule has 4 nitrogen and oxygen atoms in total. The predicted molar refractivity (Wildman–Crippen MR) is 59.9 cm³/mol. The van der Waals surface area contributed by atoms with Crippen molar-refractivity contribution in [2.75, 3.05) is 20.2 Å². The Morgan fingerprint density at radius 1 is 1.15 bits per heavy atom. The standard InChI is InChI=1S/C12H11F4NO3/c1-3-20-8(18)5-17(2)12(19)6-4-7(13)10(15)11(16)9(6)14/h4H,3,5H2,1-2H3. The van der Waals surface area contributed by atoms with Gasteiger partial charge >= 0.3 is 5.97 Å². The van der Waals surface area contributed by atoms with Gasteiger partial charge in [-0.25, -0.2) is 17.6 Å². The van der Waals surface area contributed by atoms with Crippen LogP contribution in [0.2, 0.25) is 0 Å². The van der Waals surface area contributed by atoms with Crippen LogP contribution in [-0.4, -0.2) is 37.0 Å². The molecule has 1 aromatic rings. The Labute approximate surface area is 111 Å². The molecule has 0 aliphatic rings. The largest absolute Gasteiger partial charge is 0.465 e. The van der Waals surface area contributed by atoms with Gasteiger partial charge in [-0.3, -0.25) is 9.59 Å². The number of hydrogen-bond donors (Lipinski definition) is 0. The van der Waals surface area contributed by atoms with E-state index in [1.165, 1.54) is 0 Å². The van der Waals surface area contributed by atoms with Crippen LogP contribution in [0.1, 0.15) is 17.3 Å². The topological polar surface area (TPSA) is 46.6 Å². The number of ether oxygens (including phenoxy) is 1. The van der Waals surface area contributed by atoms with Gasteiger partial charge in [0.05, 0.1) is 12.2 Å². The number of rotatable bonds is 4. The van der Waals surface area contributed by atoms with Crippen molar-refractivity contribution in [3.05, 3.63) is 34.9 Å². The van der Waals surface area contributed by atoms with Crippen molar-refractivity contribution >= 4 is 11.9 Å². The molecule has 0 radical (unpaired) electrons. The fourth-order valence-corrected chi connectivity index (χ4v) is 1.41. The molecule has 0 aliphatic carbocycles. The van der Waals surface area contributed by atoms with Crippen molar-refractivity contribution in [2.45, 2.75) is 6.92 Å². The first-order valence-corrected chi connectivity index (χ1v) is 5.53. The quantitative estimate of drug-likeness (QED) is 0.368. The van der Waals surface area contributed by atoms with Crippen LogP contribution in [0.3, 0.4) is 0 Å². The molecule has 110 valence electrons. The second-order valence-electron chi connectivity index (χ2n) is 3.81. The smallest absolute Gasteiger partial charge is 0.325 e. The maximum Gasteiger partial charge on any atom is 0.325 e. The lowest BCUT2D eigenvalue weighted by molar-refractivity contribution is -0.143. The number of nitrogens with zero attached hydrogens (tertiary/aromatic N) is 1. The molecule has 0 saturated carbocycles. The van der Waals surface area contributed by atoms with Gasteiger partial charge in [0.2, 0.25) is 0 Å². The number of hydrogen-bond acceptors (Lipinski definition) is 3. The van der Waals surface area contributed by atoms with Crippen LogP contribution in [0, 0.1) is 23.3 Å². The maximum atomic E-state index is 13.4. The number of benzene rings is 1. The van der Waals surface area contributed by atoms with Gasteiger partial charge in [0.1, 0.15) is 6.54 Å². The fraction of sp³-hybridized carbons (Fsp3) is 0.333. The predicted octanol–water partition coefficient (Wildman–Crippen LogP) is 1.88. The molecule has 0 unspecified atom stereocenters. The third-order valence-corrected chi connectivity index (χ3v) is 2.35. The highest BCUT2D eigenvalue weighted by Gasteiger charge is 2.25. The first-order chi connectivity index (χ1) is 9.29. The van der Waals surface area contributed by atoms with Crippen molar-refractivity contribution in [1.29, 1.82) is 0 Å². The zero-order chi connectivity index (χ0) is 15.4. The Balaban J connectivity index is 3.01. The van der Waals surface area contributed by atoms with E-state index in [9.17, 15) is 27.2 Å². The van der Waals surface area contributed by atoms with Gasteiger partial charge in [0.25, 0.3) is 5.91 Å². The molecule has 1 aromatic carbocycles. The monoisotopic (exact) mass is 293 g/mol. The number of amides is 1. The molecule has 0 atom stereocenters. The summed E-state index contributed by atoms with van der Waals surface area (Å²) < 4.78 is 56.7. The van der Waals surface area contributed by atoms with Gasteiger partial charge in [0.15, 0.2) is 23.3 Å². The Kier molecular flexibility index (Phi) is 5.06. The first-order valence-electron chi connectivity index (χ1n) is 5.53. The average Bonchev–Trinajstić information content (AvgIpc) is 2.39. The molecule has 0 aliphatic heterocycles. The summed E-state index contributed by atoms with van der Waals surface area (Å²) in [6.07, 6.45) is 0. The summed E-state index contributed by atoms with van der Waals surface area (Å²) in [4.78, 5) is 23.6. The molecule has 8 heteroatoms. The zero-order valence-electron chi connectivity index (χ0n) is 10.7. The molecule has 0 heterocycles. The van der Waals surface area contributed by atoms with Crippen LogP contribution in [0.4, 0.5) is 17.6 Å². The number of esters is 1. The van der Waals surface area contributed by atoms with E-state index in [4.69, 9.17) is 0 Å². The molecule has 0 saturated heterocycles. The van der Waals surface area contributed by atoms with Crippen LogP contribution < -0.4 is 0 Å². The Bertz CT molecular complexity index is 548. The number of halogens is 4. The highest BCUT2D eigenvalue weighted by atomic mass is 19.2. The van der Waals surface area contributed by atoms with Gasteiger partial charge in [0, 0.05) is 7.05 Å². The molecule has 1 amide bonds. The molecular formula is C12H11F4NO3. The minimum absolute atomic E-state index is 0.0784. The summed E-state index contributed by atoms with van der Waals surface area (Å²) in [5.41, 5.74) is -1.01. The Morgan fingerprint density at radius 2 is 1.75 bits per heavy atom. The summed E-state index contributed by atoms with van der Waals surface area (Å²) in [7, 11) is 1.11. The molecule has 0 N–H and O–H groups in total. The van der Waals surface area contributed by atoms with Gasteiger partial charge in [-0.1, -0.05) is 0 Å². The lowest BCUT2D eigenvalue weighted by Gasteiger charge is -2.16. The third kappa shape index (κ3) is 3.25. The van der Waals surface area contributed by atoms with E-state index in [0.717, 1.165) is 7.05 Å². The highest BCUT2D eigenvalue weighted by Crippen LogP contribution is 2.19. The molecule has 20 heavy (non-hydrogen) atoms. The van der Waals surface area contributed by atoms with Crippen molar-refractivity contribution in [1.82, 2.24) is 4.90 Å². The maximum absolute atomic E-state index is 13.4. The fourth-order valence-electron chi connectivity index (χ4n) is 1.41. The third-order valence-electron chi connectivity index (χ3n) is 2.35. The molecule has 0 fully saturated rings. The molecule has 0 bridgehead atoms. The van der Waals surface area contributed by atoms with E-state index in [1.54, 1.807) is 6.92 Å². The number of carbonyl (C=O) groups is 2. The number of likely N-dealkylation sites (N-methyl/N-ethyl adjacent to an activating group) is 1. The molecular weight excluding hydrogens is 282 g/mol. The normalized spacial score (nSPS) is 10.3. The van der Waals surface area contributed by atoms with Crippen molar-refractivity contribution < 1.29 is 31.9 Å². The second kappa shape index (κ2) is 6.36. The molecule has 0 aromatic heterocycles. The van der Waals surface area contributed by atoms with E-state index in [2.05, 4.69) is 4.74 Å². The van der Waals surface area contributed by atoms with Crippen LogP contribution in [-0.2, 0) is 9.53 Å². The van der Waals surface area contributed by atoms with Gasteiger partial charge in [-0.15, -0.1) is 0 Å². The van der Waals surface area contributed by atoms with Crippen molar-refractivity contribution in [3.63, 3.8) is 0 Å². The number of carbonyl (C=O) groups excluding carboxylic acids is 2.